The van der Waals surface area contributed by atoms with Crippen molar-refractivity contribution in [2.24, 2.45) is 0 Å². The van der Waals surface area contributed by atoms with Gasteiger partial charge in [-0.15, -0.1) is 11.3 Å². The van der Waals surface area contributed by atoms with Crippen molar-refractivity contribution in [2.75, 3.05) is 39.3 Å². The molecule has 8 nitrogen and oxygen atoms in total. The van der Waals surface area contributed by atoms with Gasteiger partial charge in [-0.2, -0.15) is 0 Å². The molecule has 9 heteroatoms. The van der Waals surface area contributed by atoms with Crippen LogP contribution in [0.15, 0.2) is 30.3 Å². The average Bonchev–Trinajstić information content (AvgIpc) is 3.20. The van der Waals surface area contributed by atoms with E-state index < -0.39 is 0 Å². The van der Waals surface area contributed by atoms with Crippen LogP contribution in [0.4, 0.5) is 5.00 Å². The van der Waals surface area contributed by atoms with E-state index in [0.717, 1.165) is 16.9 Å². The van der Waals surface area contributed by atoms with Gasteiger partial charge in [0, 0.05) is 20.5 Å². The molecular formula is C20H25N3O5S. The molecule has 2 N–H and O–H groups in total. The summed E-state index contributed by atoms with van der Waals surface area (Å²) in [4.78, 5) is 37.8. The molecule has 0 unspecified atom stereocenters. The Kier molecular flexibility index (Phi) is 8.02. The minimum atomic E-state index is -0.282. The predicted molar refractivity (Wildman–Crippen MR) is 112 cm³/mol. The fourth-order valence-corrected chi connectivity index (χ4v) is 3.64. The largest absolute Gasteiger partial charge is 0.493 e. The van der Waals surface area contributed by atoms with Crippen LogP contribution in [0.25, 0.3) is 0 Å². The van der Waals surface area contributed by atoms with Gasteiger partial charge in [-0.05, 0) is 36.2 Å². The third-order valence-corrected chi connectivity index (χ3v) is 5.28. The molecule has 0 spiro atoms. The summed E-state index contributed by atoms with van der Waals surface area (Å²) >= 11 is 1.16. The minimum absolute atomic E-state index is 0.116. The Morgan fingerprint density at radius 2 is 1.79 bits per heavy atom. The Labute approximate surface area is 173 Å². The van der Waals surface area contributed by atoms with Crippen LogP contribution in [0.2, 0.25) is 0 Å². The Bertz CT molecular complexity index is 881. The summed E-state index contributed by atoms with van der Waals surface area (Å²) in [5.74, 6) is 0.484. The summed E-state index contributed by atoms with van der Waals surface area (Å²) in [6, 6.07) is 8.87. The molecule has 0 bridgehead atoms. The van der Waals surface area contributed by atoms with Crippen molar-refractivity contribution in [3.63, 3.8) is 0 Å². The van der Waals surface area contributed by atoms with Crippen molar-refractivity contribution in [3.8, 4) is 11.5 Å². The Balaban J connectivity index is 1.93. The predicted octanol–water partition coefficient (Wildman–Crippen LogP) is 1.84. The molecule has 0 saturated carbocycles. The summed E-state index contributed by atoms with van der Waals surface area (Å²) in [6.07, 6.45) is 0.603. The number of nitrogens with zero attached hydrogens (tertiary/aromatic N) is 1. The molecule has 156 valence electrons. The first-order valence-corrected chi connectivity index (χ1v) is 9.78. The number of hydrogen-bond donors (Lipinski definition) is 2. The fraction of sp³-hybridized carbons (Fsp3) is 0.350. The van der Waals surface area contributed by atoms with E-state index in [1.165, 1.54) is 18.9 Å². The van der Waals surface area contributed by atoms with Crippen molar-refractivity contribution in [1.82, 2.24) is 10.6 Å². The molecule has 3 amide bonds. The van der Waals surface area contributed by atoms with E-state index in [9.17, 15) is 14.4 Å². The van der Waals surface area contributed by atoms with Gasteiger partial charge in [0.15, 0.2) is 11.5 Å². The van der Waals surface area contributed by atoms with Gasteiger partial charge in [0.05, 0.1) is 24.1 Å². The Morgan fingerprint density at radius 1 is 1.07 bits per heavy atom. The summed E-state index contributed by atoms with van der Waals surface area (Å²) < 4.78 is 10.5. The van der Waals surface area contributed by atoms with Gasteiger partial charge in [0.1, 0.15) is 6.54 Å². The zero-order valence-electron chi connectivity index (χ0n) is 16.9. The van der Waals surface area contributed by atoms with Crippen LogP contribution in [-0.4, -0.2) is 52.1 Å². The summed E-state index contributed by atoms with van der Waals surface area (Å²) in [6.45, 7) is 1.68. The molecule has 29 heavy (non-hydrogen) atoms. The van der Waals surface area contributed by atoms with E-state index in [1.807, 2.05) is 18.2 Å². The van der Waals surface area contributed by atoms with E-state index in [0.29, 0.717) is 34.3 Å². The Hall–Kier alpha value is -3.07. The van der Waals surface area contributed by atoms with E-state index in [2.05, 4.69) is 10.6 Å². The second-order valence-corrected chi connectivity index (χ2v) is 7.17. The SMILES string of the molecule is CNC(=O)c1ccc(N(CC(=O)NCCc2ccc(OC)c(OC)c2)C(C)=O)s1. The van der Waals surface area contributed by atoms with Crippen LogP contribution in [-0.2, 0) is 16.0 Å². The number of carbonyl (C=O) groups is 3. The molecule has 1 aromatic carbocycles. The topological polar surface area (TPSA) is 97.0 Å². The van der Waals surface area contributed by atoms with Gasteiger partial charge >= 0.3 is 0 Å². The van der Waals surface area contributed by atoms with E-state index >= 15 is 0 Å². The normalized spacial score (nSPS) is 10.2. The van der Waals surface area contributed by atoms with E-state index in [1.54, 1.807) is 26.4 Å². The van der Waals surface area contributed by atoms with Gasteiger partial charge < -0.3 is 20.1 Å². The highest BCUT2D eigenvalue weighted by Gasteiger charge is 2.19. The highest BCUT2D eigenvalue weighted by Crippen LogP contribution is 2.28. The molecule has 1 heterocycles. The van der Waals surface area contributed by atoms with Crippen LogP contribution >= 0.6 is 11.3 Å². The molecular weight excluding hydrogens is 394 g/mol. The molecule has 0 aliphatic carbocycles. The zero-order chi connectivity index (χ0) is 21.4. The minimum Gasteiger partial charge on any atom is -0.493 e. The number of benzene rings is 1. The maximum Gasteiger partial charge on any atom is 0.261 e. The highest BCUT2D eigenvalue weighted by atomic mass is 32.1. The standard InChI is InChI=1S/C20H25N3O5S/c1-13(24)23(19-8-7-17(29-19)20(26)21-2)12-18(25)22-10-9-14-5-6-15(27-3)16(11-14)28-4/h5-8,11H,9-10,12H2,1-4H3,(H,21,26)(H,22,25). The number of thiophene rings is 1. The molecule has 0 saturated heterocycles. The van der Waals surface area contributed by atoms with Crippen molar-refractivity contribution in [2.45, 2.75) is 13.3 Å². The average molecular weight is 420 g/mol. The molecule has 0 atom stereocenters. The van der Waals surface area contributed by atoms with Crippen molar-refractivity contribution >= 4 is 34.1 Å². The van der Waals surface area contributed by atoms with Crippen LogP contribution in [0.3, 0.4) is 0 Å². The van der Waals surface area contributed by atoms with Gasteiger partial charge in [0.2, 0.25) is 11.8 Å². The third kappa shape index (κ3) is 5.95. The molecule has 2 rings (SSSR count). The summed E-state index contributed by atoms with van der Waals surface area (Å²) in [7, 11) is 4.68. The second-order valence-electron chi connectivity index (χ2n) is 6.11. The quantitative estimate of drug-likeness (QED) is 0.646. The van der Waals surface area contributed by atoms with Gasteiger partial charge in [0.25, 0.3) is 5.91 Å². The number of methoxy groups -OCH3 is 2. The zero-order valence-corrected chi connectivity index (χ0v) is 17.7. The first-order chi connectivity index (χ1) is 13.9. The maximum absolute atomic E-state index is 12.3. The lowest BCUT2D eigenvalue weighted by atomic mass is 10.1. The van der Waals surface area contributed by atoms with Crippen LogP contribution in [0, 0.1) is 0 Å². The van der Waals surface area contributed by atoms with Crippen LogP contribution < -0.4 is 25.0 Å². The van der Waals surface area contributed by atoms with Gasteiger partial charge in [-0.25, -0.2) is 0 Å². The van der Waals surface area contributed by atoms with E-state index in [4.69, 9.17) is 9.47 Å². The monoisotopic (exact) mass is 419 g/mol. The van der Waals surface area contributed by atoms with Crippen molar-refractivity contribution < 1.29 is 23.9 Å². The lowest BCUT2D eigenvalue weighted by molar-refractivity contribution is -0.123. The van der Waals surface area contributed by atoms with Crippen LogP contribution in [0.1, 0.15) is 22.2 Å². The number of carbonyl (C=O) groups excluding carboxylic acids is 3. The van der Waals surface area contributed by atoms with Crippen molar-refractivity contribution in [1.29, 1.82) is 0 Å². The molecule has 0 radical (unpaired) electrons. The van der Waals surface area contributed by atoms with Crippen LogP contribution in [0.5, 0.6) is 11.5 Å². The number of hydrogen-bond acceptors (Lipinski definition) is 6. The number of nitrogens with one attached hydrogen (secondary N) is 2. The number of amides is 3. The third-order valence-electron chi connectivity index (χ3n) is 4.17. The van der Waals surface area contributed by atoms with E-state index in [-0.39, 0.29) is 24.3 Å². The molecule has 0 aliphatic rings. The summed E-state index contributed by atoms with van der Waals surface area (Å²) in [5.41, 5.74) is 0.986. The number of ether oxygens (including phenoxy) is 2. The fourth-order valence-electron chi connectivity index (χ4n) is 2.64. The highest BCUT2D eigenvalue weighted by molar-refractivity contribution is 7.18. The lowest BCUT2D eigenvalue weighted by Gasteiger charge is -2.18. The van der Waals surface area contributed by atoms with Gasteiger partial charge in [-0.3, -0.25) is 19.3 Å². The van der Waals surface area contributed by atoms with Crippen molar-refractivity contribution in [3.05, 3.63) is 40.8 Å². The first kappa shape index (κ1) is 22.2. The number of anilines is 1. The van der Waals surface area contributed by atoms with Gasteiger partial charge in [-0.1, -0.05) is 6.07 Å². The molecule has 0 aliphatic heterocycles. The lowest BCUT2D eigenvalue weighted by Crippen LogP contribution is -2.40. The maximum atomic E-state index is 12.3. The Morgan fingerprint density at radius 3 is 2.41 bits per heavy atom. The summed E-state index contributed by atoms with van der Waals surface area (Å²) in [5, 5.41) is 5.90. The molecule has 1 aromatic heterocycles. The second kappa shape index (κ2) is 10.5. The smallest absolute Gasteiger partial charge is 0.261 e. The first-order valence-electron chi connectivity index (χ1n) is 8.97. The molecule has 0 fully saturated rings. The number of rotatable bonds is 9. The molecule has 2 aromatic rings.